The normalized spacial score (nSPS) is 14.5. The van der Waals surface area contributed by atoms with E-state index in [9.17, 15) is 4.39 Å². The number of benzene rings is 1. The largest absolute Gasteiger partial charge is 0.367 e. The molecule has 1 fully saturated rings. The van der Waals surface area contributed by atoms with E-state index in [0.717, 1.165) is 18.7 Å². The minimum Gasteiger partial charge on any atom is -0.367 e. The number of hydrogen-bond acceptors (Lipinski definition) is 3. The standard InChI is InChI=1S/C16H19FN2S/c1-19(11-14-5-3-9-20-14)16-12(4-2-6-15(16)17)10-18-13-7-8-13/h2-6,9,13,18H,7-8,10-11H2,1H3. The highest BCUT2D eigenvalue weighted by atomic mass is 32.1. The topological polar surface area (TPSA) is 15.3 Å². The molecule has 0 aliphatic heterocycles. The van der Waals surface area contributed by atoms with E-state index >= 15 is 0 Å². The van der Waals surface area contributed by atoms with Gasteiger partial charge in [-0.2, -0.15) is 0 Å². The van der Waals surface area contributed by atoms with Gasteiger partial charge in [-0.25, -0.2) is 4.39 Å². The minimum atomic E-state index is -0.140. The Morgan fingerprint density at radius 1 is 1.30 bits per heavy atom. The molecule has 2 nitrogen and oxygen atoms in total. The second kappa shape index (κ2) is 5.94. The van der Waals surface area contributed by atoms with Gasteiger partial charge >= 0.3 is 0 Å². The van der Waals surface area contributed by atoms with Crippen LogP contribution in [0, 0.1) is 5.82 Å². The highest BCUT2D eigenvalue weighted by Crippen LogP contribution is 2.27. The molecule has 106 valence electrons. The zero-order valence-electron chi connectivity index (χ0n) is 11.6. The molecule has 2 aromatic rings. The summed E-state index contributed by atoms with van der Waals surface area (Å²) in [7, 11) is 1.96. The summed E-state index contributed by atoms with van der Waals surface area (Å²) in [6.45, 7) is 1.49. The average Bonchev–Trinajstić information content (AvgIpc) is 3.13. The molecular weight excluding hydrogens is 271 g/mol. The first-order chi connectivity index (χ1) is 9.74. The molecule has 0 bridgehead atoms. The number of nitrogens with one attached hydrogen (secondary N) is 1. The second-order valence-corrected chi connectivity index (χ2v) is 6.37. The van der Waals surface area contributed by atoms with E-state index in [2.05, 4.69) is 16.8 Å². The predicted molar refractivity (Wildman–Crippen MR) is 82.7 cm³/mol. The molecule has 3 rings (SSSR count). The highest BCUT2D eigenvalue weighted by molar-refractivity contribution is 7.09. The molecular formula is C16H19FN2S. The van der Waals surface area contributed by atoms with E-state index in [-0.39, 0.29) is 5.82 Å². The summed E-state index contributed by atoms with van der Waals surface area (Å²) in [6, 6.07) is 10.1. The lowest BCUT2D eigenvalue weighted by Gasteiger charge is -2.23. The Hall–Kier alpha value is -1.39. The van der Waals surface area contributed by atoms with E-state index in [1.807, 2.05) is 24.1 Å². The molecule has 1 N–H and O–H groups in total. The van der Waals surface area contributed by atoms with Gasteiger partial charge in [0.2, 0.25) is 0 Å². The van der Waals surface area contributed by atoms with Crippen LogP contribution in [0.4, 0.5) is 10.1 Å². The lowest BCUT2D eigenvalue weighted by atomic mass is 10.1. The van der Waals surface area contributed by atoms with Crippen LogP contribution in [-0.2, 0) is 13.1 Å². The number of nitrogens with zero attached hydrogens (tertiary/aromatic N) is 1. The summed E-state index contributed by atoms with van der Waals surface area (Å²) < 4.78 is 14.2. The number of thiophene rings is 1. The molecule has 0 amide bonds. The van der Waals surface area contributed by atoms with Gasteiger partial charge in [-0.15, -0.1) is 11.3 Å². The van der Waals surface area contributed by atoms with Gasteiger partial charge in [0, 0.05) is 24.5 Å². The van der Waals surface area contributed by atoms with E-state index in [0.29, 0.717) is 11.7 Å². The SMILES string of the molecule is CN(Cc1cccs1)c1c(F)cccc1CNC1CC1. The molecule has 0 atom stereocenters. The minimum absolute atomic E-state index is 0.140. The Morgan fingerprint density at radius 3 is 2.85 bits per heavy atom. The van der Waals surface area contributed by atoms with Crippen molar-refractivity contribution < 1.29 is 4.39 Å². The van der Waals surface area contributed by atoms with Gasteiger partial charge in [0.25, 0.3) is 0 Å². The molecule has 0 unspecified atom stereocenters. The van der Waals surface area contributed by atoms with Gasteiger partial charge in [0.15, 0.2) is 0 Å². The number of anilines is 1. The van der Waals surface area contributed by atoms with Crippen LogP contribution in [0.1, 0.15) is 23.3 Å². The van der Waals surface area contributed by atoms with Crippen molar-refractivity contribution in [1.29, 1.82) is 0 Å². The fourth-order valence-electron chi connectivity index (χ4n) is 2.39. The quantitative estimate of drug-likeness (QED) is 0.871. The van der Waals surface area contributed by atoms with Gasteiger partial charge < -0.3 is 10.2 Å². The van der Waals surface area contributed by atoms with Crippen molar-refractivity contribution in [2.75, 3.05) is 11.9 Å². The van der Waals surface area contributed by atoms with E-state index in [1.54, 1.807) is 23.5 Å². The van der Waals surface area contributed by atoms with Crippen LogP contribution in [0.5, 0.6) is 0 Å². The Labute approximate surface area is 123 Å². The Morgan fingerprint density at radius 2 is 2.15 bits per heavy atom. The number of halogens is 1. The average molecular weight is 290 g/mol. The molecule has 0 spiro atoms. The van der Waals surface area contributed by atoms with Crippen molar-refractivity contribution in [2.45, 2.75) is 32.0 Å². The molecule has 1 aromatic carbocycles. The first-order valence-corrected chi connectivity index (χ1v) is 7.86. The maximum atomic E-state index is 14.2. The van der Waals surface area contributed by atoms with Crippen LogP contribution in [-0.4, -0.2) is 13.1 Å². The van der Waals surface area contributed by atoms with Crippen LogP contribution in [0.2, 0.25) is 0 Å². The van der Waals surface area contributed by atoms with Gasteiger partial charge in [-0.1, -0.05) is 18.2 Å². The number of hydrogen-bond donors (Lipinski definition) is 1. The van der Waals surface area contributed by atoms with E-state index in [4.69, 9.17) is 0 Å². The monoisotopic (exact) mass is 290 g/mol. The summed E-state index contributed by atoms with van der Waals surface area (Å²) in [5, 5.41) is 5.52. The third kappa shape index (κ3) is 3.19. The van der Waals surface area contributed by atoms with Crippen LogP contribution >= 0.6 is 11.3 Å². The Balaban J connectivity index is 1.78. The zero-order valence-corrected chi connectivity index (χ0v) is 12.4. The first kappa shape index (κ1) is 13.6. The predicted octanol–water partition coefficient (Wildman–Crippen LogP) is 3.78. The summed E-state index contributed by atoms with van der Waals surface area (Å²) in [4.78, 5) is 3.25. The van der Waals surface area contributed by atoms with E-state index < -0.39 is 0 Å². The van der Waals surface area contributed by atoms with Gasteiger partial charge in [-0.05, 0) is 35.9 Å². The third-order valence-corrected chi connectivity index (χ3v) is 4.44. The van der Waals surface area contributed by atoms with E-state index in [1.165, 1.54) is 17.7 Å². The van der Waals surface area contributed by atoms with Crippen molar-refractivity contribution in [3.8, 4) is 0 Å². The third-order valence-electron chi connectivity index (χ3n) is 3.58. The van der Waals surface area contributed by atoms with Crippen LogP contribution in [0.3, 0.4) is 0 Å². The van der Waals surface area contributed by atoms with Crippen molar-refractivity contribution >= 4 is 17.0 Å². The zero-order chi connectivity index (χ0) is 13.9. The maximum Gasteiger partial charge on any atom is 0.146 e. The van der Waals surface area contributed by atoms with Gasteiger partial charge in [0.05, 0.1) is 12.2 Å². The van der Waals surface area contributed by atoms with Crippen molar-refractivity contribution in [2.24, 2.45) is 0 Å². The molecule has 20 heavy (non-hydrogen) atoms. The van der Waals surface area contributed by atoms with Crippen molar-refractivity contribution in [3.63, 3.8) is 0 Å². The first-order valence-electron chi connectivity index (χ1n) is 6.98. The van der Waals surface area contributed by atoms with Crippen molar-refractivity contribution in [1.82, 2.24) is 5.32 Å². The number of para-hydroxylation sites is 1. The summed E-state index contributed by atoms with van der Waals surface area (Å²) in [5.41, 5.74) is 1.75. The smallest absolute Gasteiger partial charge is 0.146 e. The van der Waals surface area contributed by atoms with Crippen LogP contribution in [0.15, 0.2) is 35.7 Å². The van der Waals surface area contributed by atoms with Gasteiger partial charge in [-0.3, -0.25) is 0 Å². The lowest BCUT2D eigenvalue weighted by molar-refractivity contribution is 0.613. The molecule has 1 heterocycles. The molecule has 1 aromatic heterocycles. The van der Waals surface area contributed by atoms with Crippen molar-refractivity contribution in [3.05, 3.63) is 52.0 Å². The Bertz CT molecular complexity index is 564. The Kier molecular flexibility index (Phi) is 4.03. The molecule has 0 radical (unpaired) electrons. The van der Waals surface area contributed by atoms with Crippen LogP contribution < -0.4 is 10.2 Å². The molecule has 1 aliphatic rings. The molecule has 1 aliphatic carbocycles. The molecule has 0 saturated heterocycles. The second-order valence-electron chi connectivity index (χ2n) is 5.34. The fraction of sp³-hybridized carbons (Fsp3) is 0.375. The molecule has 1 saturated carbocycles. The fourth-order valence-corrected chi connectivity index (χ4v) is 3.14. The maximum absolute atomic E-state index is 14.2. The summed E-state index contributed by atoms with van der Waals surface area (Å²) in [5.74, 6) is -0.140. The summed E-state index contributed by atoms with van der Waals surface area (Å²) in [6.07, 6.45) is 2.49. The molecule has 4 heteroatoms. The summed E-state index contributed by atoms with van der Waals surface area (Å²) >= 11 is 1.71. The van der Waals surface area contributed by atoms with Gasteiger partial charge in [0.1, 0.15) is 5.82 Å². The number of rotatable bonds is 6. The highest BCUT2D eigenvalue weighted by Gasteiger charge is 2.21. The van der Waals surface area contributed by atoms with Crippen LogP contribution in [0.25, 0.3) is 0 Å². The lowest BCUT2D eigenvalue weighted by Crippen LogP contribution is -2.22.